The van der Waals surface area contributed by atoms with Gasteiger partial charge in [0.2, 0.25) is 10.0 Å². The Morgan fingerprint density at radius 3 is 2.17 bits per heavy atom. The average Bonchev–Trinajstić information content (AvgIpc) is 3.28. The first-order valence-corrected chi connectivity index (χ1v) is 12.8. The molecule has 5 nitrogen and oxygen atoms in total. The van der Waals surface area contributed by atoms with Gasteiger partial charge in [-0.3, -0.25) is 0 Å². The number of hydrogen-bond acceptors (Lipinski definition) is 4. The molecular formula is C23H17Cl3F3N3O2S. The van der Waals surface area contributed by atoms with Gasteiger partial charge in [-0.25, -0.2) is 8.42 Å². The standard InChI is InChI=1S/C23H17Cl3F3N3O2S/c24-15-5-1-13(2-6-15)20-12-21(31-30-20)22(18-10-7-16(25)11-19(18)26)32-35(33,34)17-8-3-14(4-9-17)23(27,28)29/h1-11,20,22,30,32H,12H2. The molecule has 2 N–H and O–H groups in total. The van der Waals surface area contributed by atoms with Gasteiger partial charge in [-0.1, -0.05) is 53.0 Å². The minimum absolute atomic E-state index is 0.204. The molecule has 2 atom stereocenters. The molecule has 4 rings (SSSR count). The van der Waals surface area contributed by atoms with E-state index in [0.29, 0.717) is 39.9 Å². The van der Waals surface area contributed by atoms with Crippen molar-refractivity contribution in [2.45, 2.75) is 29.6 Å². The van der Waals surface area contributed by atoms with E-state index < -0.39 is 27.8 Å². The van der Waals surface area contributed by atoms with Crippen LogP contribution in [0.25, 0.3) is 0 Å². The molecule has 0 saturated heterocycles. The molecule has 0 fully saturated rings. The molecule has 1 aliphatic heterocycles. The summed E-state index contributed by atoms with van der Waals surface area (Å²) in [6, 6.07) is 13.7. The van der Waals surface area contributed by atoms with Gasteiger partial charge in [0.1, 0.15) is 0 Å². The molecule has 0 aromatic heterocycles. The van der Waals surface area contributed by atoms with Gasteiger partial charge in [0, 0.05) is 21.5 Å². The van der Waals surface area contributed by atoms with Crippen LogP contribution in [0, 0.1) is 0 Å². The smallest absolute Gasteiger partial charge is 0.302 e. The molecule has 0 saturated carbocycles. The Balaban J connectivity index is 1.66. The molecule has 0 aliphatic carbocycles. The molecule has 0 amide bonds. The summed E-state index contributed by atoms with van der Waals surface area (Å²) in [4.78, 5) is -0.332. The zero-order valence-electron chi connectivity index (χ0n) is 17.7. The Kier molecular flexibility index (Phi) is 7.36. The highest BCUT2D eigenvalue weighted by Crippen LogP contribution is 2.34. The molecule has 1 heterocycles. The van der Waals surface area contributed by atoms with Crippen molar-refractivity contribution in [3.8, 4) is 0 Å². The Morgan fingerprint density at radius 1 is 0.943 bits per heavy atom. The quantitative estimate of drug-likeness (QED) is 0.348. The maximum atomic E-state index is 13.1. The second-order valence-corrected chi connectivity index (χ2v) is 10.8. The number of benzene rings is 3. The van der Waals surface area contributed by atoms with Gasteiger partial charge in [-0.05, 0) is 59.7 Å². The number of alkyl halides is 3. The molecule has 0 spiro atoms. The number of nitrogens with one attached hydrogen (secondary N) is 2. The summed E-state index contributed by atoms with van der Waals surface area (Å²) in [6.45, 7) is 0. The molecule has 0 radical (unpaired) electrons. The lowest BCUT2D eigenvalue weighted by molar-refractivity contribution is -0.137. The van der Waals surface area contributed by atoms with Crippen LogP contribution in [0.5, 0.6) is 0 Å². The number of rotatable bonds is 6. The minimum Gasteiger partial charge on any atom is -0.302 e. The summed E-state index contributed by atoms with van der Waals surface area (Å²) >= 11 is 18.4. The van der Waals surface area contributed by atoms with E-state index in [1.165, 1.54) is 6.07 Å². The number of halogens is 6. The molecule has 3 aromatic carbocycles. The molecule has 2 unspecified atom stereocenters. The summed E-state index contributed by atoms with van der Waals surface area (Å²) in [7, 11) is -4.26. The molecule has 3 aromatic rings. The highest BCUT2D eigenvalue weighted by atomic mass is 35.5. The summed E-state index contributed by atoms with van der Waals surface area (Å²) in [5.74, 6) is 0. The first-order valence-electron chi connectivity index (χ1n) is 10.2. The van der Waals surface area contributed by atoms with Crippen LogP contribution in [0.4, 0.5) is 13.2 Å². The van der Waals surface area contributed by atoms with Gasteiger partial charge in [0.15, 0.2) is 0 Å². The Labute approximate surface area is 214 Å². The van der Waals surface area contributed by atoms with Crippen molar-refractivity contribution in [3.63, 3.8) is 0 Å². The van der Waals surface area contributed by atoms with Gasteiger partial charge in [0.05, 0.1) is 28.3 Å². The van der Waals surface area contributed by atoms with Crippen LogP contribution < -0.4 is 10.1 Å². The molecule has 184 valence electrons. The lowest BCUT2D eigenvalue weighted by Crippen LogP contribution is -2.34. The predicted octanol–water partition coefficient (Wildman–Crippen LogP) is 6.78. The summed E-state index contributed by atoms with van der Waals surface area (Å²) in [5.41, 5.74) is 3.75. The average molecular weight is 563 g/mol. The monoisotopic (exact) mass is 561 g/mol. The maximum absolute atomic E-state index is 13.1. The maximum Gasteiger partial charge on any atom is 0.416 e. The van der Waals surface area contributed by atoms with Crippen molar-refractivity contribution in [2.75, 3.05) is 0 Å². The number of hydrogen-bond donors (Lipinski definition) is 2. The van der Waals surface area contributed by atoms with Crippen LogP contribution >= 0.6 is 34.8 Å². The van der Waals surface area contributed by atoms with Crippen molar-refractivity contribution in [1.29, 1.82) is 0 Å². The molecule has 12 heteroatoms. The molecule has 1 aliphatic rings. The fourth-order valence-electron chi connectivity index (χ4n) is 3.62. The first-order chi connectivity index (χ1) is 16.4. The summed E-state index contributed by atoms with van der Waals surface area (Å²) in [5, 5.41) is 5.48. The van der Waals surface area contributed by atoms with Crippen LogP contribution in [0.2, 0.25) is 15.1 Å². The highest BCUT2D eigenvalue weighted by Gasteiger charge is 2.34. The van der Waals surface area contributed by atoms with Crippen LogP contribution in [0.3, 0.4) is 0 Å². The van der Waals surface area contributed by atoms with Crippen molar-refractivity contribution < 1.29 is 21.6 Å². The van der Waals surface area contributed by atoms with E-state index in [1.54, 1.807) is 24.3 Å². The van der Waals surface area contributed by atoms with E-state index in [2.05, 4.69) is 15.2 Å². The van der Waals surface area contributed by atoms with Gasteiger partial charge in [-0.2, -0.15) is 23.0 Å². The zero-order chi connectivity index (χ0) is 25.4. The second-order valence-electron chi connectivity index (χ2n) is 7.78. The van der Waals surface area contributed by atoms with E-state index in [1.807, 2.05) is 12.1 Å². The highest BCUT2D eigenvalue weighted by molar-refractivity contribution is 7.89. The molecule has 35 heavy (non-hydrogen) atoms. The van der Waals surface area contributed by atoms with E-state index in [9.17, 15) is 21.6 Å². The van der Waals surface area contributed by atoms with Gasteiger partial charge in [0.25, 0.3) is 0 Å². The lowest BCUT2D eigenvalue weighted by atomic mass is 9.96. The summed E-state index contributed by atoms with van der Waals surface area (Å²) < 4.78 is 67.6. The van der Waals surface area contributed by atoms with Gasteiger partial charge in [-0.15, -0.1) is 0 Å². The number of hydrazone groups is 1. The first kappa shape index (κ1) is 25.8. The van der Waals surface area contributed by atoms with Crippen molar-refractivity contribution in [3.05, 3.63) is 98.5 Å². The molecular weight excluding hydrogens is 546 g/mol. The summed E-state index contributed by atoms with van der Waals surface area (Å²) in [6.07, 6.45) is -4.25. The Morgan fingerprint density at radius 2 is 1.57 bits per heavy atom. The van der Waals surface area contributed by atoms with E-state index >= 15 is 0 Å². The van der Waals surface area contributed by atoms with E-state index in [4.69, 9.17) is 34.8 Å². The fraction of sp³-hybridized carbons (Fsp3) is 0.174. The van der Waals surface area contributed by atoms with E-state index in [0.717, 1.165) is 17.7 Å². The Hall–Kier alpha value is -2.30. The normalized spacial score (nSPS) is 17.1. The predicted molar refractivity (Wildman–Crippen MR) is 130 cm³/mol. The van der Waals surface area contributed by atoms with Crippen LogP contribution in [-0.4, -0.2) is 14.1 Å². The van der Waals surface area contributed by atoms with Gasteiger partial charge < -0.3 is 5.43 Å². The fourth-order valence-corrected chi connectivity index (χ4v) is 5.47. The van der Waals surface area contributed by atoms with Crippen LogP contribution in [0.15, 0.2) is 76.7 Å². The number of nitrogens with zero attached hydrogens (tertiary/aromatic N) is 1. The lowest BCUT2D eigenvalue weighted by Gasteiger charge is -2.21. The van der Waals surface area contributed by atoms with Gasteiger partial charge >= 0.3 is 6.18 Å². The third-order valence-electron chi connectivity index (χ3n) is 5.42. The van der Waals surface area contributed by atoms with Crippen LogP contribution in [0.1, 0.15) is 35.2 Å². The third kappa shape index (κ3) is 5.92. The van der Waals surface area contributed by atoms with Crippen LogP contribution in [-0.2, 0) is 16.2 Å². The zero-order valence-corrected chi connectivity index (χ0v) is 20.7. The SMILES string of the molecule is O=S(=O)(NC(C1=NNC(c2ccc(Cl)cc2)C1)c1ccc(Cl)cc1Cl)c1ccc(C(F)(F)F)cc1. The topological polar surface area (TPSA) is 70.6 Å². The minimum atomic E-state index is -4.59. The van der Waals surface area contributed by atoms with Crippen molar-refractivity contribution in [1.82, 2.24) is 10.1 Å². The molecule has 0 bridgehead atoms. The van der Waals surface area contributed by atoms with E-state index in [-0.39, 0.29) is 16.0 Å². The Bertz CT molecular complexity index is 1360. The number of sulfonamides is 1. The third-order valence-corrected chi connectivity index (χ3v) is 7.67. The largest absolute Gasteiger partial charge is 0.416 e. The van der Waals surface area contributed by atoms with Crippen molar-refractivity contribution in [2.24, 2.45) is 5.10 Å². The van der Waals surface area contributed by atoms with Crippen molar-refractivity contribution >= 4 is 50.5 Å². The second kappa shape index (κ2) is 9.99.